The first-order valence-electron chi connectivity index (χ1n) is 10.4. The Morgan fingerprint density at radius 2 is 0.967 bits per heavy atom. The highest BCUT2D eigenvalue weighted by molar-refractivity contribution is 5.84. The van der Waals surface area contributed by atoms with E-state index in [-0.39, 0.29) is 0 Å². The van der Waals surface area contributed by atoms with Crippen molar-refractivity contribution in [2.75, 3.05) is 13.2 Å². The van der Waals surface area contributed by atoms with Crippen LogP contribution in [0.3, 0.4) is 0 Å². The van der Waals surface area contributed by atoms with E-state index in [9.17, 15) is 0 Å². The summed E-state index contributed by atoms with van der Waals surface area (Å²) in [5.41, 5.74) is 6.63. The van der Waals surface area contributed by atoms with Crippen molar-refractivity contribution >= 4 is 23.8 Å². The van der Waals surface area contributed by atoms with Gasteiger partial charge in [0.05, 0.1) is 36.8 Å². The Balaban J connectivity index is 1.16. The maximum absolute atomic E-state index is 5.28. The van der Waals surface area contributed by atoms with Gasteiger partial charge in [-0.1, -0.05) is 48.5 Å². The molecule has 2 saturated heterocycles. The molecule has 0 N–H and O–H groups in total. The van der Waals surface area contributed by atoms with Crippen LogP contribution in [0.5, 0.6) is 0 Å². The Morgan fingerprint density at radius 1 is 0.600 bits per heavy atom. The van der Waals surface area contributed by atoms with Crippen molar-refractivity contribution in [1.29, 1.82) is 0 Å². The molecule has 3 aromatic carbocycles. The summed E-state index contributed by atoms with van der Waals surface area (Å²) in [6, 6.07) is 24.9. The Kier molecular flexibility index (Phi) is 5.51. The van der Waals surface area contributed by atoms with Crippen LogP contribution in [0.25, 0.3) is 0 Å². The van der Waals surface area contributed by atoms with E-state index in [1.54, 1.807) is 0 Å². The lowest BCUT2D eigenvalue weighted by molar-refractivity contribution is 0.407. The van der Waals surface area contributed by atoms with E-state index in [4.69, 9.17) is 9.47 Å². The van der Waals surface area contributed by atoms with Gasteiger partial charge in [-0.2, -0.15) is 0 Å². The first-order chi connectivity index (χ1) is 14.8. The van der Waals surface area contributed by atoms with Gasteiger partial charge in [0.1, 0.15) is 0 Å². The molecule has 2 atom stereocenters. The van der Waals surface area contributed by atoms with Crippen LogP contribution in [0.1, 0.15) is 22.3 Å². The fraction of sp³-hybridized carbons (Fsp3) is 0.231. The molecule has 5 rings (SSSR count). The van der Waals surface area contributed by atoms with Crippen molar-refractivity contribution in [1.82, 2.24) is 0 Å². The van der Waals surface area contributed by atoms with Crippen molar-refractivity contribution in [2.45, 2.75) is 25.0 Å². The van der Waals surface area contributed by atoms with Crippen LogP contribution in [0, 0.1) is 0 Å². The van der Waals surface area contributed by atoms with E-state index in [1.807, 2.05) is 36.7 Å². The first kappa shape index (κ1) is 18.9. The number of aliphatic imine (C=N–C) groups is 2. The van der Waals surface area contributed by atoms with Crippen molar-refractivity contribution in [2.24, 2.45) is 9.98 Å². The van der Waals surface area contributed by atoms with Gasteiger partial charge in [-0.25, -0.2) is 0 Å². The molecule has 0 aromatic heterocycles. The Bertz CT molecular complexity index is 943. The fourth-order valence-electron chi connectivity index (χ4n) is 3.30. The van der Waals surface area contributed by atoms with Gasteiger partial charge in [-0.05, 0) is 46.5 Å². The van der Waals surface area contributed by atoms with Gasteiger partial charge in [0.2, 0.25) is 0 Å². The molecular weight excluding hydrogens is 372 g/mol. The maximum Gasteiger partial charge on any atom is 0.0850 e. The van der Waals surface area contributed by atoms with E-state index in [1.165, 1.54) is 11.1 Å². The zero-order chi connectivity index (χ0) is 20.2. The van der Waals surface area contributed by atoms with Gasteiger partial charge < -0.3 is 9.47 Å². The summed E-state index contributed by atoms with van der Waals surface area (Å²) in [5, 5.41) is 0. The average Bonchev–Trinajstić information content (AvgIpc) is 3.71. The lowest BCUT2D eigenvalue weighted by atomic mass is 10.1. The number of hydrogen-bond acceptors (Lipinski definition) is 4. The molecule has 4 nitrogen and oxygen atoms in total. The molecular formula is C26H24N2O2. The van der Waals surface area contributed by atoms with Crippen LogP contribution in [0.2, 0.25) is 0 Å². The van der Waals surface area contributed by atoms with Gasteiger partial charge in [-0.3, -0.25) is 9.98 Å². The predicted octanol–water partition coefficient (Wildman–Crippen LogP) is 5.07. The van der Waals surface area contributed by atoms with E-state index in [2.05, 4.69) is 58.5 Å². The molecule has 3 aromatic rings. The minimum Gasteiger partial charge on any atom is -0.373 e. The molecule has 0 radical (unpaired) electrons. The van der Waals surface area contributed by atoms with E-state index in [0.29, 0.717) is 12.2 Å². The largest absolute Gasteiger partial charge is 0.373 e. The maximum atomic E-state index is 5.28. The summed E-state index contributed by atoms with van der Waals surface area (Å²) in [4.78, 5) is 9.14. The van der Waals surface area contributed by atoms with E-state index in [0.717, 1.165) is 48.6 Å². The highest BCUT2D eigenvalue weighted by Crippen LogP contribution is 2.20. The number of nitrogens with zero attached hydrogens (tertiary/aromatic N) is 2. The molecule has 30 heavy (non-hydrogen) atoms. The molecule has 2 unspecified atom stereocenters. The molecule has 0 amide bonds. The monoisotopic (exact) mass is 396 g/mol. The molecule has 2 heterocycles. The highest BCUT2D eigenvalue weighted by Gasteiger charge is 2.22. The third-order valence-corrected chi connectivity index (χ3v) is 5.27. The van der Waals surface area contributed by atoms with Crippen molar-refractivity contribution in [3.8, 4) is 0 Å². The number of hydrogen-bond donors (Lipinski definition) is 0. The Hall–Kier alpha value is -3.08. The highest BCUT2D eigenvalue weighted by atomic mass is 16.6. The second kappa shape index (κ2) is 8.74. The standard InChI is InChI=1S/C26H24N2O2/c1-3-21(4-2-19(1)13-25-17-29-25)15-27-24-11-7-22(8-12-24)16-28-23-9-5-20(6-10-23)14-26-18-30-26/h1-12,15-16,25-26H,13-14,17-18H2/b27-15+,28-16+. The van der Waals surface area contributed by atoms with Gasteiger partial charge in [0.25, 0.3) is 0 Å². The van der Waals surface area contributed by atoms with Crippen LogP contribution < -0.4 is 0 Å². The van der Waals surface area contributed by atoms with Gasteiger partial charge >= 0.3 is 0 Å². The summed E-state index contributed by atoms with van der Waals surface area (Å²) in [7, 11) is 0. The lowest BCUT2D eigenvalue weighted by Gasteiger charge is -2.00. The van der Waals surface area contributed by atoms with Crippen LogP contribution in [0.4, 0.5) is 11.4 Å². The second-order valence-electron chi connectivity index (χ2n) is 7.83. The molecule has 0 bridgehead atoms. The first-order valence-corrected chi connectivity index (χ1v) is 10.4. The fourth-order valence-corrected chi connectivity index (χ4v) is 3.30. The quantitative estimate of drug-likeness (QED) is 0.394. The molecule has 4 heteroatoms. The third kappa shape index (κ3) is 5.50. The minimum absolute atomic E-state index is 0.419. The summed E-state index contributed by atoms with van der Waals surface area (Å²) in [5.74, 6) is 0. The summed E-state index contributed by atoms with van der Waals surface area (Å²) < 4.78 is 10.6. The average molecular weight is 396 g/mol. The normalized spacial score (nSPS) is 20.1. The number of epoxide rings is 2. The summed E-state index contributed by atoms with van der Waals surface area (Å²) in [6.45, 7) is 1.79. The zero-order valence-corrected chi connectivity index (χ0v) is 16.8. The summed E-state index contributed by atoms with van der Waals surface area (Å²) >= 11 is 0. The molecule has 2 aliphatic rings. The molecule has 0 saturated carbocycles. The van der Waals surface area contributed by atoms with Crippen LogP contribution in [-0.4, -0.2) is 37.9 Å². The van der Waals surface area contributed by atoms with Gasteiger partial charge in [0, 0.05) is 25.3 Å². The molecule has 2 fully saturated rings. The SMILES string of the molecule is C(=N\c1ccc(/C=N/c2ccc(CC3CO3)cc2)cc1)/c1ccc(CC2CO2)cc1. The predicted molar refractivity (Wildman–Crippen MR) is 121 cm³/mol. The Labute approximate surface area is 176 Å². The van der Waals surface area contributed by atoms with E-state index >= 15 is 0 Å². The number of benzene rings is 3. The second-order valence-corrected chi connectivity index (χ2v) is 7.83. The van der Waals surface area contributed by atoms with Crippen LogP contribution in [-0.2, 0) is 22.3 Å². The molecule has 150 valence electrons. The Morgan fingerprint density at radius 3 is 1.40 bits per heavy atom. The third-order valence-electron chi connectivity index (χ3n) is 5.27. The smallest absolute Gasteiger partial charge is 0.0850 e. The van der Waals surface area contributed by atoms with Crippen molar-refractivity contribution < 1.29 is 9.47 Å². The molecule has 0 spiro atoms. The zero-order valence-electron chi connectivity index (χ0n) is 16.8. The van der Waals surface area contributed by atoms with Crippen molar-refractivity contribution in [3.05, 3.63) is 95.1 Å². The van der Waals surface area contributed by atoms with E-state index < -0.39 is 0 Å². The summed E-state index contributed by atoms with van der Waals surface area (Å²) in [6.07, 6.45) is 6.62. The lowest BCUT2D eigenvalue weighted by Crippen LogP contribution is -1.92. The van der Waals surface area contributed by atoms with Crippen LogP contribution >= 0.6 is 0 Å². The topological polar surface area (TPSA) is 49.8 Å². The number of ether oxygens (including phenoxy) is 2. The number of rotatable bonds is 8. The van der Waals surface area contributed by atoms with Gasteiger partial charge in [0.15, 0.2) is 0 Å². The van der Waals surface area contributed by atoms with Gasteiger partial charge in [-0.15, -0.1) is 0 Å². The van der Waals surface area contributed by atoms with Crippen LogP contribution in [0.15, 0.2) is 82.8 Å². The molecule has 0 aliphatic carbocycles. The minimum atomic E-state index is 0.419. The molecule has 2 aliphatic heterocycles. The van der Waals surface area contributed by atoms with Crippen molar-refractivity contribution in [3.63, 3.8) is 0 Å².